The summed E-state index contributed by atoms with van der Waals surface area (Å²) in [7, 11) is 0. The van der Waals surface area contributed by atoms with Gasteiger partial charge in [0.05, 0.1) is 13.1 Å². The first-order chi connectivity index (χ1) is 11.3. The smallest absolute Gasteiger partial charge is 0.272 e. The van der Waals surface area contributed by atoms with Crippen LogP contribution >= 0.6 is 12.4 Å². The Balaban J connectivity index is 0.00000208. The standard InChI is InChI=1S/C18H19N3O2.ClH/c22-17(15-7-3-1-4-8-15)20-13-11-19-12-14-21(20)18(23)16-9-5-2-6-10-16;/h1-10,19H,11-14H2;1H. The zero-order valence-corrected chi connectivity index (χ0v) is 14.0. The fraction of sp³-hybridized carbons (Fsp3) is 0.222. The predicted octanol–water partition coefficient (Wildman–Crippen LogP) is 2.21. The van der Waals surface area contributed by atoms with Crippen molar-refractivity contribution >= 4 is 24.2 Å². The van der Waals surface area contributed by atoms with E-state index in [4.69, 9.17) is 0 Å². The number of benzene rings is 2. The predicted molar refractivity (Wildman–Crippen MR) is 95.1 cm³/mol. The summed E-state index contributed by atoms with van der Waals surface area (Å²) in [4.78, 5) is 25.6. The number of nitrogens with one attached hydrogen (secondary N) is 1. The van der Waals surface area contributed by atoms with Crippen LogP contribution in [0.15, 0.2) is 60.7 Å². The lowest BCUT2D eigenvalue weighted by molar-refractivity contribution is 0.00286. The van der Waals surface area contributed by atoms with Crippen molar-refractivity contribution in [3.63, 3.8) is 0 Å². The van der Waals surface area contributed by atoms with Gasteiger partial charge in [-0.05, 0) is 24.3 Å². The number of carbonyl (C=O) groups excluding carboxylic acids is 2. The van der Waals surface area contributed by atoms with Gasteiger partial charge in [-0.1, -0.05) is 36.4 Å². The zero-order valence-electron chi connectivity index (χ0n) is 13.2. The second kappa shape index (κ2) is 8.47. The van der Waals surface area contributed by atoms with Crippen LogP contribution in [0.4, 0.5) is 0 Å². The molecule has 1 heterocycles. The molecule has 6 heteroatoms. The molecule has 0 radical (unpaired) electrons. The van der Waals surface area contributed by atoms with Crippen LogP contribution in [-0.4, -0.2) is 48.0 Å². The molecule has 0 saturated carbocycles. The van der Waals surface area contributed by atoms with Crippen LogP contribution in [0.2, 0.25) is 0 Å². The van der Waals surface area contributed by atoms with E-state index in [0.29, 0.717) is 37.3 Å². The zero-order chi connectivity index (χ0) is 16.1. The molecule has 126 valence electrons. The van der Waals surface area contributed by atoms with E-state index < -0.39 is 0 Å². The van der Waals surface area contributed by atoms with Crippen LogP contribution in [0.1, 0.15) is 20.7 Å². The number of hydrazine groups is 1. The van der Waals surface area contributed by atoms with Gasteiger partial charge in [0.15, 0.2) is 0 Å². The molecule has 0 spiro atoms. The summed E-state index contributed by atoms with van der Waals surface area (Å²) < 4.78 is 0. The lowest BCUT2D eigenvalue weighted by Gasteiger charge is -2.33. The van der Waals surface area contributed by atoms with E-state index >= 15 is 0 Å². The van der Waals surface area contributed by atoms with Crippen molar-refractivity contribution in [2.24, 2.45) is 0 Å². The molecule has 0 aromatic heterocycles. The van der Waals surface area contributed by atoms with Gasteiger partial charge in [-0.25, -0.2) is 10.0 Å². The highest BCUT2D eigenvalue weighted by atomic mass is 35.5. The third-order valence-electron chi connectivity index (χ3n) is 3.80. The third kappa shape index (κ3) is 3.93. The van der Waals surface area contributed by atoms with Crippen LogP contribution in [0.5, 0.6) is 0 Å². The molecule has 0 unspecified atom stereocenters. The highest BCUT2D eigenvalue weighted by Gasteiger charge is 2.28. The first-order valence-corrected chi connectivity index (χ1v) is 7.72. The molecule has 0 bridgehead atoms. The molecule has 5 nitrogen and oxygen atoms in total. The van der Waals surface area contributed by atoms with Crippen LogP contribution < -0.4 is 5.32 Å². The fourth-order valence-corrected chi connectivity index (χ4v) is 2.62. The van der Waals surface area contributed by atoms with E-state index in [2.05, 4.69) is 5.32 Å². The van der Waals surface area contributed by atoms with Crippen molar-refractivity contribution in [3.05, 3.63) is 71.8 Å². The van der Waals surface area contributed by atoms with E-state index in [1.807, 2.05) is 36.4 Å². The molecule has 1 aliphatic rings. The molecule has 1 fully saturated rings. The monoisotopic (exact) mass is 345 g/mol. The SMILES string of the molecule is Cl.O=C(c1ccccc1)N1CCNCCN1C(=O)c1ccccc1. The van der Waals surface area contributed by atoms with Gasteiger partial charge in [0.1, 0.15) is 0 Å². The van der Waals surface area contributed by atoms with E-state index in [-0.39, 0.29) is 24.2 Å². The number of hydrogen-bond donors (Lipinski definition) is 1. The molecule has 2 aromatic rings. The summed E-state index contributed by atoms with van der Waals surface area (Å²) in [6.45, 7) is 2.26. The molecular weight excluding hydrogens is 326 g/mol. The number of carbonyl (C=O) groups is 2. The molecule has 3 rings (SSSR count). The van der Waals surface area contributed by atoms with Gasteiger partial charge >= 0.3 is 0 Å². The molecule has 2 amide bonds. The minimum Gasteiger partial charge on any atom is -0.313 e. The molecule has 24 heavy (non-hydrogen) atoms. The molecule has 0 atom stereocenters. The topological polar surface area (TPSA) is 52.7 Å². The number of rotatable bonds is 2. The summed E-state index contributed by atoms with van der Waals surface area (Å²) in [6.07, 6.45) is 0. The van der Waals surface area contributed by atoms with Gasteiger partial charge in [-0.2, -0.15) is 0 Å². The van der Waals surface area contributed by atoms with Crippen molar-refractivity contribution in [3.8, 4) is 0 Å². The van der Waals surface area contributed by atoms with Gasteiger partial charge in [-0.15, -0.1) is 12.4 Å². The van der Waals surface area contributed by atoms with Gasteiger partial charge in [0.2, 0.25) is 0 Å². The van der Waals surface area contributed by atoms with Crippen molar-refractivity contribution in [2.75, 3.05) is 26.2 Å². The third-order valence-corrected chi connectivity index (χ3v) is 3.80. The Labute approximate surface area is 147 Å². The lowest BCUT2D eigenvalue weighted by Crippen LogP contribution is -2.50. The number of halogens is 1. The minimum absolute atomic E-state index is 0. The first-order valence-electron chi connectivity index (χ1n) is 7.72. The first kappa shape index (κ1) is 18.0. The van der Waals surface area contributed by atoms with Crippen LogP contribution in [-0.2, 0) is 0 Å². The highest BCUT2D eigenvalue weighted by Crippen LogP contribution is 2.13. The second-order valence-electron chi connectivity index (χ2n) is 5.34. The molecular formula is C18H20ClN3O2. The average molecular weight is 346 g/mol. The molecule has 0 aliphatic carbocycles. The Morgan fingerprint density at radius 2 is 1.08 bits per heavy atom. The quantitative estimate of drug-likeness (QED) is 0.908. The fourth-order valence-electron chi connectivity index (χ4n) is 2.62. The molecule has 1 N–H and O–H groups in total. The molecule has 2 aromatic carbocycles. The Bertz CT molecular complexity index is 620. The van der Waals surface area contributed by atoms with E-state index in [0.717, 1.165) is 0 Å². The van der Waals surface area contributed by atoms with Gasteiger partial charge < -0.3 is 5.32 Å². The maximum atomic E-state index is 12.8. The van der Waals surface area contributed by atoms with Crippen LogP contribution in [0, 0.1) is 0 Å². The summed E-state index contributed by atoms with van der Waals surface area (Å²) in [5.41, 5.74) is 1.17. The van der Waals surface area contributed by atoms with E-state index in [1.54, 1.807) is 34.3 Å². The molecule has 1 aliphatic heterocycles. The average Bonchev–Trinajstić information content (AvgIpc) is 2.88. The number of amides is 2. The van der Waals surface area contributed by atoms with E-state index in [1.165, 1.54) is 0 Å². The largest absolute Gasteiger partial charge is 0.313 e. The second-order valence-corrected chi connectivity index (χ2v) is 5.34. The van der Waals surface area contributed by atoms with Gasteiger partial charge in [0, 0.05) is 24.2 Å². The summed E-state index contributed by atoms with van der Waals surface area (Å²) in [6, 6.07) is 18.1. The minimum atomic E-state index is -0.154. The maximum absolute atomic E-state index is 12.8. The van der Waals surface area contributed by atoms with Crippen molar-refractivity contribution in [1.29, 1.82) is 0 Å². The summed E-state index contributed by atoms with van der Waals surface area (Å²) >= 11 is 0. The summed E-state index contributed by atoms with van der Waals surface area (Å²) in [5.74, 6) is -0.308. The van der Waals surface area contributed by atoms with Gasteiger partial charge in [-0.3, -0.25) is 9.59 Å². The summed E-state index contributed by atoms with van der Waals surface area (Å²) in [5, 5.41) is 6.32. The Morgan fingerprint density at radius 3 is 1.46 bits per heavy atom. The van der Waals surface area contributed by atoms with Crippen molar-refractivity contribution in [1.82, 2.24) is 15.3 Å². The Hall–Kier alpha value is -2.37. The highest BCUT2D eigenvalue weighted by molar-refractivity contribution is 5.99. The van der Waals surface area contributed by atoms with Crippen LogP contribution in [0.25, 0.3) is 0 Å². The van der Waals surface area contributed by atoms with E-state index in [9.17, 15) is 9.59 Å². The Morgan fingerprint density at radius 1 is 0.708 bits per heavy atom. The maximum Gasteiger partial charge on any atom is 0.272 e. The molecule has 1 saturated heterocycles. The van der Waals surface area contributed by atoms with Crippen LogP contribution in [0.3, 0.4) is 0 Å². The number of nitrogens with zero attached hydrogens (tertiary/aromatic N) is 2. The van der Waals surface area contributed by atoms with Crippen molar-refractivity contribution < 1.29 is 9.59 Å². The lowest BCUT2D eigenvalue weighted by atomic mass is 10.2. The number of hydrogen-bond acceptors (Lipinski definition) is 3. The van der Waals surface area contributed by atoms with Crippen molar-refractivity contribution in [2.45, 2.75) is 0 Å². The van der Waals surface area contributed by atoms with Gasteiger partial charge in [0.25, 0.3) is 11.8 Å². The normalized spacial score (nSPS) is 14.5. The Kier molecular flexibility index (Phi) is 6.35.